The second-order valence-electron chi connectivity index (χ2n) is 5.51. The van der Waals surface area contributed by atoms with E-state index in [-0.39, 0.29) is 17.3 Å². The maximum absolute atomic E-state index is 12.4. The average molecular weight is 308 g/mol. The zero-order valence-corrected chi connectivity index (χ0v) is 13.6. The Bertz CT molecular complexity index is 785. The summed E-state index contributed by atoms with van der Waals surface area (Å²) in [6.07, 6.45) is 1.58. The fourth-order valence-electron chi connectivity index (χ4n) is 2.43. The van der Waals surface area contributed by atoms with Crippen molar-refractivity contribution in [3.8, 4) is 0 Å². The van der Waals surface area contributed by atoms with E-state index in [9.17, 15) is 9.59 Å². The highest BCUT2D eigenvalue weighted by atomic mass is 16.2. The third-order valence-corrected chi connectivity index (χ3v) is 4.00. The largest absolute Gasteiger partial charge is 0.356 e. The number of hydrogen-bond acceptors (Lipinski definition) is 5. The van der Waals surface area contributed by atoms with Crippen molar-refractivity contribution in [1.82, 2.24) is 18.7 Å². The topological polar surface area (TPSA) is 99.9 Å². The molecule has 0 radical (unpaired) electrons. The second kappa shape index (κ2) is 6.35. The van der Waals surface area contributed by atoms with Gasteiger partial charge in [-0.25, -0.2) is 4.79 Å². The first-order valence-electron chi connectivity index (χ1n) is 7.55. The number of nitrogens with two attached hydrogens (primary N) is 1. The molecule has 2 aromatic rings. The first-order valence-corrected chi connectivity index (χ1v) is 7.55. The Kier molecular flexibility index (Phi) is 4.70. The third-order valence-electron chi connectivity index (χ3n) is 4.00. The van der Waals surface area contributed by atoms with Gasteiger partial charge in [0.1, 0.15) is 0 Å². The van der Waals surface area contributed by atoms with Gasteiger partial charge in [-0.2, -0.15) is 4.98 Å². The van der Waals surface area contributed by atoms with Crippen LogP contribution in [0.25, 0.3) is 11.2 Å². The van der Waals surface area contributed by atoms with Gasteiger partial charge in [-0.3, -0.25) is 13.9 Å². The summed E-state index contributed by atoms with van der Waals surface area (Å²) in [6.45, 7) is 5.19. The molecular formula is C14H24N6O2. The van der Waals surface area contributed by atoms with Crippen molar-refractivity contribution in [3.63, 3.8) is 0 Å². The van der Waals surface area contributed by atoms with E-state index in [2.05, 4.69) is 10.3 Å². The summed E-state index contributed by atoms with van der Waals surface area (Å²) < 4.78 is 4.43. The molecule has 0 saturated heterocycles. The Morgan fingerprint density at radius 3 is 2.55 bits per heavy atom. The molecule has 1 atom stereocenters. The molecule has 0 amide bonds. The first-order chi connectivity index (χ1) is 10.4. The number of aromatic nitrogens is 4. The van der Waals surface area contributed by atoms with Gasteiger partial charge >= 0.3 is 5.69 Å². The van der Waals surface area contributed by atoms with Crippen molar-refractivity contribution < 1.29 is 0 Å². The molecule has 2 aromatic heterocycles. The molecule has 122 valence electrons. The van der Waals surface area contributed by atoms with Gasteiger partial charge in [0.05, 0.1) is 0 Å². The van der Waals surface area contributed by atoms with Gasteiger partial charge in [0.25, 0.3) is 5.56 Å². The Morgan fingerprint density at radius 2 is 1.95 bits per heavy atom. The van der Waals surface area contributed by atoms with Gasteiger partial charge in [-0.15, -0.1) is 0 Å². The molecule has 22 heavy (non-hydrogen) atoms. The van der Waals surface area contributed by atoms with Crippen molar-refractivity contribution in [2.24, 2.45) is 19.8 Å². The standard InChI is InChI=1S/C14H24N6O2/c1-5-9(2)20-11-10(12(21)19(4)14(20)22)18(3)13(17-11)16-8-6-7-15/h9H,5-8,15H2,1-4H3,(H,16,17). The summed E-state index contributed by atoms with van der Waals surface area (Å²) in [5.74, 6) is 0.572. The molecular weight excluding hydrogens is 284 g/mol. The number of fused-ring (bicyclic) bond motifs is 1. The zero-order chi connectivity index (χ0) is 16.4. The number of aryl methyl sites for hydroxylation is 1. The summed E-state index contributed by atoms with van der Waals surface area (Å²) in [6, 6.07) is -0.0337. The van der Waals surface area contributed by atoms with E-state index in [1.165, 1.54) is 7.05 Å². The molecule has 0 aliphatic rings. The van der Waals surface area contributed by atoms with Crippen LogP contribution in [0.15, 0.2) is 9.59 Å². The van der Waals surface area contributed by atoms with Gasteiger partial charge in [0.15, 0.2) is 11.2 Å². The van der Waals surface area contributed by atoms with Crippen LogP contribution in [0, 0.1) is 0 Å². The fraction of sp³-hybridized carbons (Fsp3) is 0.643. The lowest BCUT2D eigenvalue weighted by Crippen LogP contribution is -2.39. The van der Waals surface area contributed by atoms with Crippen molar-refractivity contribution in [2.75, 3.05) is 18.4 Å². The Hall–Kier alpha value is -2.09. The Balaban J connectivity index is 2.72. The van der Waals surface area contributed by atoms with E-state index in [0.717, 1.165) is 17.4 Å². The maximum atomic E-state index is 12.4. The van der Waals surface area contributed by atoms with Crippen LogP contribution in [0.3, 0.4) is 0 Å². The summed E-state index contributed by atoms with van der Waals surface area (Å²) in [5.41, 5.74) is 5.68. The van der Waals surface area contributed by atoms with Gasteiger partial charge in [0, 0.05) is 26.7 Å². The maximum Gasteiger partial charge on any atom is 0.332 e. The molecule has 1 unspecified atom stereocenters. The molecule has 0 fully saturated rings. The first kappa shape index (κ1) is 16.3. The number of rotatable bonds is 6. The van der Waals surface area contributed by atoms with E-state index in [4.69, 9.17) is 5.73 Å². The van der Waals surface area contributed by atoms with Crippen LogP contribution in [0.5, 0.6) is 0 Å². The minimum atomic E-state index is -0.335. The fourth-order valence-corrected chi connectivity index (χ4v) is 2.43. The number of imidazole rings is 1. The predicted octanol–water partition coefficient (Wildman–Crippen LogP) is 0.165. The summed E-state index contributed by atoms with van der Waals surface area (Å²) in [7, 11) is 3.27. The van der Waals surface area contributed by atoms with Crippen molar-refractivity contribution in [1.29, 1.82) is 0 Å². The van der Waals surface area contributed by atoms with Crippen LogP contribution >= 0.6 is 0 Å². The molecule has 0 aliphatic heterocycles. The van der Waals surface area contributed by atoms with E-state index in [1.54, 1.807) is 16.2 Å². The lowest BCUT2D eigenvalue weighted by Gasteiger charge is -2.14. The number of nitrogens with zero attached hydrogens (tertiary/aromatic N) is 4. The normalized spacial score (nSPS) is 12.8. The van der Waals surface area contributed by atoms with Crippen LogP contribution in [-0.2, 0) is 14.1 Å². The zero-order valence-electron chi connectivity index (χ0n) is 13.6. The molecule has 8 nitrogen and oxygen atoms in total. The summed E-state index contributed by atoms with van der Waals surface area (Å²) >= 11 is 0. The molecule has 2 heterocycles. The van der Waals surface area contributed by atoms with E-state index in [1.807, 2.05) is 13.8 Å². The quantitative estimate of drug-likeness (QED) is 0.741. The highest BCUT2D eigenvalue weighted by molar-refractivity contribution is 5.74. The number of nitrogens with one attached hydrogen (secondary N) is 1. The third kappa shape index (κ3) is 2.54. The van der Waals surface area contributed by atoms with Crippen LogP contribution in [0.2, 0.25) is 0 Å². The minimum absolute atomic E-state index is 0.0337. The van der Waals surface area contributed by atoms with Crippen molar-refractivity contribution in [3.05, 3.63) is 20.8 Å². The average Bonchev–Trinajstić information content (AvgIpc) is 2.82. The van der Waals surface area contributed by atoms with E-state index in [0.29, 0.717) is 30.2 Å². The lowest BCUT2D eigenvalue weighted by atomic mass is 10.2. The van der Waals surface area contributed by atoms with Gasteiger partial charge in [0.2, 0.25) is 5.95 Å². The summed E-state index contributed by atoms with van der Waals surface area (Å²) in [4.78, 5) is 29.3. The molecule has 3 N–H and O–H groups in total. The smallest absolute Gasteiger partial charge is 0.332 e. The van der Waals surface area contributed by atoms with E-state index >= 15 is 0 Å². The highest BCUT2D eigenvalue weighted by Gasteiger charge is 2.20. The number of hydrogen-bond donors (Lipinski definition) is 2. The highest BCUT2D eigenvalue weighted by Crippen LogP contribution is 2.18. The van der Waals surface area contributed by atoms with Crippen LogP contribution in [0.1, 0.15) is 32.7 Å². The van der Waals surface area contributed by atoms with Gasteiger partial charge in [-0.05, 0) is 26.3 Å². The monoisotopic (exact) mass is 308 g/mol. The Morgan fingerprint density at radius 1 is 1.27 bits per heavy atom. The molecule has 0 bridgehead atoms. The van der Waals surface area contributed by atoms with Crippen molar-refractivity contribution in [2.45, 2.75) is 32.7 Å². The minimum Gasteiger partial charge on any atom is -0.356 e. The molecule has 0 saturated carbocycles. The molecule has 0 aromatic carbocycles. The molecule has 0 aliphatic carbocycles. The second-order valence-corrected chi connectivity index (χ2v) is 5.51. The van der Waals surface area contributed by atoms with Crippen LogP contribution in [-0.4, -0.2) is 31.8 Å². The molecule has 0 spiro atoms. The van der Waals surface area contributed by atoms with Crippen LogP contribution < -0.4 is 22.3 Å². The van der Waals surface area contributed by atoms with E-state index < -0.39 is 0 Å². The SMILES string of the molecule is CCC(C)n1c(=O)n(C)c(=O)c2c1nc(NCCCN)n2C. The van der Waals surface area contributed by atoms with Crippen molar-refractivity contribution >= 4 is 17.1 Å². The van der Waals surface area contributed by atoms with Gasteiger partial charge in [-0.1, -0.05) is 6.92 Å². The predicted molar refractivity (Wildman–Crippen MR) is 87.4 cm³/mol. The van der Waals surface area contributed by atoms with Crippen LogP contribution in [0.4, 0.5) is 5.95 Å². The van der Waals surface area contributed by atoms with Gasteiger partial charge < -0.3 is 15.6 Å². The molecule has 2 rings (SSSR count). The summed E-state index contributed by atoms with van der Waals surface area (Å²) in [5, 5.41) is 3.16. The lowest BCUT2D eigenvalue weighted by molar-refractivity contribution is 0.499. The Labute approximate surface area is 128 Å². The number of anilines is 1. The molecule has 8 heteroatoms.